The van der Waals surface area contributed by atoms with Crippen molar-refractivity contribution in [1.82, 2.24) is 15.2 Å². The molecule has 0 bridgehead atoms. The van der Waals surface area contributed by atoms with Crippen LogP contribution >= 0.6 is 0 Å². The Balaban J connectivity index is 1.85. The standard InChI is InChI=1S/C14H21N3O2/c1-2-17-8-4-5-11(10-17)9-15-14(19)12-6-3-7-13(18)16-12/h3,6-7,11H,2,4-5,8-10H2,1H3,(H,15,19)(H,16,18). The zero-order valence-corrected chi connectivity index (χ0v) is 11.3. The Morgan fingerprint density at radius 1 is 1.53 bits per heavy atom. The number of hydrogen-bond acceptors (Lipinski definition) is 3. The molecule has 1 aliphatic heterocycles. The van der Waals surface area contributed by atoms with Gasteiger partial charge in [0.2, 0.25) is 5.56 Å². The van der Waals surface area contributed by atoms with E-state index in [2.05, 4.69) is 22.1 Å². The third kappa shape index (κ3) is 3.92. The van der Waals surface area contributed by atoms with E-state index in [0.717, 1.165) is 26.1 Å². The Bertz CT molecular complexity index is 484. The lowest BCUT2D eigenvalue weighted by Gasteiger charge is -2.31. The number of aromatic nitrogens is 1. The first-order valence-corrected chi connectivity index (χ1v) is 6.89. The summed E-state index contributed by atoms with van der Waals surface area (Å²) in [5.74, 6) is 0.305. The molecule has 1 saturated heterocycles. The van der Waals surface area contributed by atoms with Crippen molar-refractivity contribution in [2.75, 3.05) is 26.2 Å². The molecule has 2 heterocycles. The zero-order chi connectivity index (χ0) is 13.7. The summed E-state index contributed by atoms with van der Waals surface area (Å²) in [4.78, 5) is 28.0. The SMILES string of the molecule is CCN1CCCC(CNC(=O)c2cccc(=O)[nH]2)C1. The lowest BCUT2D eigenvalue weighted by atomic mass is 9.98. The van der Waals surface area contributed by atoms with Gasteiger partial charge in [-0.15, -0.1) is 0 Å². The predicted octanol–water partition coefficient (Wildman–Crippen LogP) is 0.837. The number of rotatable bonds is 4. The molecule has 104 valence electrons. The van der Waals surface area contributed by atoms with Gasteiger partial charge in [0, 0.05) is 19.2 Å². The highest BCUT2D eigenvalue weighted by Crippen LogP contribution is 2.15. The lowest BCUT2D eigenvalue weighted by Crippen LogP contribution is -2.41. The van der Waals surface area contributed by atoms with Crippen molar-refractivity contribution in [1.29, 1.82) is 0 Å². The summed E-state index contributed by atoms with van der Waals surface area (Å²) < 4.78 is 0. The Labute approximate surface area is 113 Å². The summed E-state index contributed by atoms with van der Waals surface area (Å²) in [7, 11) is 0. The Morgan fingerprint density at radius 3 is 3.11 bits per heavy atom. The van der Waals surface area contributed by atoms with Crippen LogP contribution in [0.1, 0.15) is 30.3 Å². The van der Waals surface area contributed by atoms with Crippen LogP contribution in [0.15, 0.2) is 23.0 Å². The van der Waals surface area contributed by atoms with Gasteiger partial charge >= 0.3 is 0 Å². The van der Waals surface area contributed by atoms with Crippen LogP contribution in [0, 0.1) is 5.92 Å². The summed E-state index contributed by atoms with van der Waals surface area (Å²) in [6, 6.07) is 4.61. The molecule has 19 heavy (non-hydrogen) atoms. The van der Waals surface area contributed by atoms with Crippen LogP contribution in [0.4, 0.5) is 0 Å². The van der Waals surface area contributed by atoms with E-state index in [-0.39, 0.29) is 11.5 Å². The number of piperidine rings is 1. The number of nitrogens with zero attached hydrogens (tertiary/aromatic N) is 1. The number of aromatic amines is 1. The number of H-pyrrole nitrogens is 1. The van der Waals surface area contributed by atoms with Crippen LogP contribution in [0.5, 0.6) is 0 Å². The molecule has 1 aromatic heterocycles. The highest BCUT2D eigenvalue weighted by atomic mass is 16.2. The van der Waals surface area contributed by atoms with Crippen LogP contribution in [0.3, 0.4) is 0 Å². The van der Waals surface area contributed by atoms with Crippen molar-refractivity contribution in [2.45, 2.75) is 19.8 Å². The fourth-order valence-electron chi connectivity index (χ4n) is 2.52. The molecule has 1 unspecified atom stereocenters. The topological polar surface area (TPSA) is 65.2 Å². The largest absolute Gasteiger partial charge is 0.350 e. The van der Waals surface area contributed by atoms with Crippen LogP contribution < -0.4 is 10.9 Å². The third-order valence-corrected chi connectivity index (χ3v) is 3.61. The van der Waals surface area contributed by atoms with Gasteiger partial charge < -0.3 is 15.2 Å². The zero-order valence-electron chi connectivity index (χ0n) is 11.3. The van der Waals surface area contributed by atoms with E-state index in [1.165, 1.54) is 12.5 Å². The molecule has 2 rings (SSSR count). The molecule has 0 aliphatic carbocycles. The minimum atomic E-state index is -0.248. The van der Waals surface area contributed by atoms with E-state index in [9.17, 15) is 9.59 Å². The van der Waals surface area contributed by atoms with Crippen LogP contribution in [-0.2, 0) is 0 Å². The summed E-state index contributed by atoms with van der Waals surface area (Å²) in [6.45, 7) is 6.10. The van der Waals surface area contributed by atoms with Gasteiger partial charge in [-0.25, -0.2) is 0 Å². The number of pyridine rings is 1. The number of amides is 1. The van der Waals surface area contributed by atoms with Crippen LogP contribution in [-0.4, -0.2) is 42.0 Å². The second-order valence-electron chi connectivity index (χ2n) is 5.04. The summed E-state index contributed by atoms with van der Waals surface area (Å²) >= 11 is 0. The minimum absolute atomic E-state index is 0.202. The average molecular weight is 263 g/mol. The molecule has 1 aromatic rings. The van der Waals surface area contributed by atoms with E-state index in [1.54, 1.807) is 12.1 Å². The highest BCUT2D eigenvalue weighted by molar-refractivity contribution is 5.92. The van der Waals surface area contributed by atoms with Gasteiger partial charge in [0.25, 0.3) is 5.91 Å². The third-order valence-electron chi connectivity index (χ3n) is 3.61. The van der Waals surface area contributed by atoms with E-state index in [1.807, 2.05) is 0 Å². The number of likely N-dealkylation sites (tertiary alicyclic amines) is 1. The Kier molecular flexibility index (Phi) is 4.74. The van der Waals surface area contributed by atoms with Gasteiger partial charge in [-0.05, 0) is 37.9 Å². The van der Waals surface area contributed by atoms with Crippen molar-refractivity contribution in [3.63, 3.8) is 0 Å². The molecule has 1 atom stereocenters. The van der Waals surface area contributed by atoms with Gasteiger partial charge in [0.1, 0.15) is 5.69 Å². The molecule has 5 heteroatoms. The van der Waals surface area contributed by atoms with Gasteiger partial charge in [-0.2, -0.15) is 0 Å². The number of carbonyl (C=O) groups excluding carboxylic acids is 1. The molecule has 0 saturated carbocycles. The van der Waals surface area contributed by atoms with Gasteiger partial charge in [-0.3, -0.25) is 9.59 Å². The van der Waals surface area contributed by atoms with Crippen molar-refractivity contribution >= 4 is 5.91 Å². The lowest BCUT2D eigenvalue weighted by molar-refractivity contribution is 0.0928. The maximum atomic E-state index is 11.9. The number of carbonyl (C=O) groups is 1. The molecule has 0 aromatic carbocycles. The summed E-state index contributed by atoms with van der Waals surface area (Å²) in [6.07, 6.45) is 2.35. The Hall–Kier alpha value is -1.62. The average Bonchev–Trinajstić information content (AvgIpc) is 2.45. The van der Waals surface area contributed by atoms with Crippen molar-refractivity contribution < 1.29 is 4.79 Å². The molecular weight excluding hydrogens is 242 g/mol. The number of hydrogen-bond donors (Lipinski definition) is 2. The van der Waals surface area contributed by atoms with Gasteiger partial charge in [0.05, 0.1) is 0 Å². The molecule has 2 N–H and O–H groups in total. The number of nitrogens with one attached hydrogen (secondary N) is 2. The normalized spacial score (nSPS) is 20.2. The van der Waals surface area contributed by atoms with E-state index in [4.69, 9.17) is 0 Å². The fourth-order valence-corrected chi connectivity index (χ4v) is 2.52. The first-order valence-electron chi connectivity index (χ1n) is 6.89. The van der Waals surface area contributed by atoms with E-state index < -0.39 is 0 Å². The summed E-state index contributed by atoms with van der Waals surface area (Å²) in [5.41, 5.74) is 0.0816. The molecule has 0 radical (unpaired) electrons. The van der Waals surface area contributed by atoms with Crippen molar-refractivity contribution in [3.05, 3.63) is 34.2 Å². The van der Waals surface area contributed by atoms with E-state index >= 15 is 0 Å². The smallest absolute Gasteiger partial charge is 0.267 e. The van der Waals surface area contributed by atoms with Crippen molar-refractivity contribution in [2.24, 2.45) is 5.92 Å². The van der Waals surface area contributed by atoms with Crippen LogP contribution in [0.2, 0.25) is 0 Å². The Morgan fingerprint density at radius 2 is 2.37 bits per heavy atom. The molecule has 5 nitrogen and oxygen atoms in total. The molecule has 1 fully saturated rings. The maximum Gasteiger partial charge on any atom is 0.267 e. The first-order chi connectivity index (χ1) is 9.19. The quantitative estimate of drug-likeness (QED) is 0.846. The fraction of sp³-hybridized carbons (Fsp3) is 0.571. The van der Waals surface area contributed by atoms with E-state index in [0.29, 0.717) is 18.2 Å². The maximum absolute atomic E-state index is 11.9. The van der Waals surface area contributed by atoms with Gasteiger partial charge in [-0.1, -0.05) is 13.0 Å². The highest BCUT2D eigenvalue weighted by Gasteiger charge is 2.19. The minimum Gasteiger partial charge on any atom is -0.350 e. The molecular formula is C14H21N3O2. The monoisotopic (exact) mass is 263 g/mol. The molecule has 0 spiro atoms. The summed E-state index contributed by atoms with van der Waals surface area (Å²) in [5, 5.41) is 2.90. The van der Waals surface area contributed by atoms with Crippen molar-refractivity contribution in [3.8, 4) is 0 Å². The van der Waals surface area contributed by atoms with Crippen LogP contribution in [0.25, 0.3) is 0 Å². The van der Waals surface area contributed by atoms with Gasteiger partial charge in [0.15, 0.2) is 0 Å². The first kappa shape index (κ1) is 13.8. The second kappa shape index (κ2) is 6.52. The molecule has 1 aliphatic rings. The second-order valence-corrected chi connectivity index (χ2v) is 5.04. The predicted molar refractivity (Wildman–Crippen MR) is 74.2 cm³/mol. The molecule has 1 amide bonds.